The maximum atomic E-state index is 12.1. The van der Waals surface area contributed by atoms with Crippen LogP contribution in [0, 0.1) is 0 Å². The first-order valence-corrected chi connectivity index (χ1v) is 9.06. The van der Waals surface area contributed by atoms with Crippen molar-refractivity contribution in [2.45, 2.75) is 31.2 Å². The largest absolute Gasteiger partial charge is 0.383 e. The van der Waals surface area contributed by atoms with Crippen molar-refractivity contribution in [2.24, 2.45) is 5.73 Å². The molecule has 1 heterocycles. The van der Waals surface area contributed by atoms with Gasteiger partial charge in [0.15, 0.2) is 5.13 Å². The number of hydrogen-bond donors (Lipinski definition) is 2. The number of thiazole rings is 1. The van der Waals surface area contributed by atoms with E-state index in [0.29, 0.717) is 11.0 Å². The molecule has 1 fully saturated rings. The van der Waals surface area contributed by atoms with E-state index in [9.17, 15) is 4.79 Å². The summed E-state index contributed by atoms with van der Waals surface area (Å²) in [5, 5.41) is 4.14. The molecule has 136 valence electrons. The Morgan fingerprint density at radius 1 is 1.48 bits per heavy atom. The van der Waals surface area contributed by atoms with E-state index < -0.39 is 6.04 Å². The van der Waals surface area contributed by atoms with Gasteiger partial charge in [0.1, 0.15) is 6.04 Å². The second-order valence-electron chi connectivity index (χ2n) is 5.92. The molecule has 1 aliphatic carbocycles. The minimum Gasteiger partial charge on any atom is -0.383 e. The summed E-state index contributed by atoms with van der Waals surface area (Å²) in [7, 11) is 1.52. The monoisotopic (exact) mass is 401 g/mol. The number of nitrogens with zero attached hydrogens (tertiary/aromatic N) is 1. The predicted octanol–water partition coefficient (Wildman–Crippen LogP) is 3.60. The lowest BCUT2D eigenvalue weighted by atomic mass is 10.1. The summed E-state index contributed by atoms with van der Waals surface area (Å²) in [5.41, 5.74) is 7.91. The molecule has 0 saturated heterocycles. The number of methoxy groups -OCH3 is 1. The van der Waals surface area contributed by atoms with Gasteiger partial charge in [-0.2, -0.15) is 0 Å². The van der Waals surface area contributed by atoms with E-state index in [0.717, 1.165) is 40.4 Å². The van der Waals surface area contributed by atoms with Crippen molar-refractivity contribution in [3.05, 3.63) is 45.4 Å². The number of benzene rings is 1. The Hall–Kier alpha value is -1.18. The molecular weight excluding hydrogens is 381 g/mol. The molecule has 1 aromatic heterocycles. The topological polar surface area (TPSA) is 77.2 Å². The first-order valence-electron chi connectivity index (χ1n) is 7.87. The van der Waals surface area contributed by atoms with Crippen LogP contribution in [-0.4, -0.2) is 30.6 Å². The van der Waals surface area contributed by atoms with Crippen LogP contribution in [0.4, 0.5) is 5.13 Å². The van der Waals surface area contributed by atoms with Crippen molar-refractivity contribution >= 4 is 46.4 Å². The van der Waals surface area contributed by atoms with E-state index in [4.69, 9.17) is 22.1 Å². The van der Waals surface area contributed by atoms with Gasteiger partial charge >= 0.3 is 0 Å². The minimum absolute atomic E-state index is 0. The highest BCUT2D eigenvalue weighted by Gasteiger charge is 2.30. The van der Waals surface area contributed by atoms with E-state index in [1.54, 1.807) is 0 Å². The highest BCUT2D eigenvalue weighted by Crippen LogP contribution is 2.44. The van der Waals surface area contributed by atoms with E-state index in [2.05, 4.69) is 10.3 Å². The molecule has 5 nitrogen and oxygen atoms in total. The Balaban J connectivity index is 0.00000225. The highest BCUT2D eigenvalue weighted by atomic mass is 35.5. The van der Waals surface area contributed by atoms with Gasteiger partial charge in [-0.1, -0.05) is 29.8 Å². The highest BCUT2D eigenvalue weighted by molar-refractivity contribution is 7.15. The molecule has 25 heavy (non-hydrogen) atoms. The smallest absolute Gasteiger partial charge is 0.245 e. The lowest BCUT2D eigenvalue weighted by molar-refractivity contribution is -0.118. The zero-order chi connectivity index (χ0) is 17.1. The Bertz CT molecular complexity index is 734. The number of rotatable bonds is 7. The van der Waals surface area contributed by atoms with Crippen LogP contribution < -0.4 is 11.1 Å². The van der Waals surface area contributed by atoms with Crippen LogP contribution in [0.15, 0.2) is 24.3 Å². The van der Waals surface area contributed by atoms with E-state index >= 15 is 0 Å². The zero-order valence-electron chi connectivity index (χ0n) is 13.8. The van der Waals surface area contributed by atoms with Crippen LogP contribution in [0.25, 0.3) is 0 Å². The molecule has 1 atom stereocenters. The van der Waals surface area contributed by atoms with E-state index in [-0.39, 0.29) is 24.9 Å². The lowest BCUT2D eigenvalue weighted by Gasteiger charge is -2.08. The molecule has 3 rings (SSSR count). The maximum Gasteiger partial charge on any atom is 0.245 e. The Morgan fingerprint density at radius 2 is 2.20 bits per heavy atom. The molecule has 0 bridgehead atoms. The number of aromatic nitrogens is 1. The number of halogens is 2. The van der Waals surface area contributed by atoms with Crippen molar-refractivity contribution in [3.63, 3.8) is 0 Å². The normalized spacial score (nSPS) is 14.7. The summed E-state index contributed by atoms with van der Waals surface area (Å²) in [6, 6.07) is 7.11. The average Bonchev–Trinajstić information content (AvgIpc) is 3.32. The summed E-state index contributed by atoms with van der Waals surface area (Å²) in [4.78, 5) is 17.8. The number of anilines is 1. The van der Waals surface area contributed by atoms with Crippen molar-refractivity contribution in [2.75, 3.05) is 19.0 Å². The standard InChI is InChI=1S/C17H20ClN3O2S.ClH/c1-23-9-13(19)16(22)21-17-20-15(10-6-7-10)14(24-17)8-11-4-2-3-5-12(11)18;/h2-5,10,13H,6-9,19H2,1H3,(H,20,21,22);1H. The maximum absolute atomic E-state index is 12.1. The molecule has 3 N–H and O–H groups in total. The second kappa shape index (κ2) is 8.96. The number of amides is 1. The second-order valence-corrected chi connectivity index (χ2v) is 7.41. The molecule has 1 aliphatic rings. The van der Waals surface area contributed by atoms with Crippen LogP contribution in [0.2, 0.25) is 5.02 Å². The quantitative estimate of drug-likeness (QED) is 0.742. The fourth-order valence-corrected chi connectivity index (χ4v) is 3.76. The summed E-state index contributed by atoms with van der Waals surface area (Å²) < 4.78 is 4.91. The number of carbonyl (C=O) groups excluding carboxylic acids is 1. The number of nitrogens with two attached hydrogens (primary N) is 1. The molecule has 1 amide bonds. The SMILES string of the molecule is COCC(N)C(=O)Nc1nc(C2CC2)c(Cc2ccccc2Cl)s1.Cl. The fraction of sp³-hybridized carbons (Fsp3) is 0.412. The fourth-order valence-electron chi connectivity index (χ4n) is 2.49. The van der Waals surface area contributed by atoms with Crippen molar-refractivity contribution in [1.82, 2.24) is 4.98 Å². The molecule has 0 radical (unpaired) electrons. The van der Waals surface area contributed by atoms with Gasteiger partial charge in [0.05, 0.1) is 12.3 Å². The first kappa shape index (κ1) is 20.1. The van der Waals surface area contributed by atoms with Crippen LogP contribution in [0.1, 0.15) is 34.9 Å². The van der Waals surface area contributed by atoms with Gasteiger partial charge in [0.2, 0.25) is 5.91 Å². The molecule has 0 aliphatic heterocycles. The molecule has 1 aromatic carbocycles. The third-order valence-corrected chi connectivity index (χ3v) is 5.27. The molecule has 1 unspecified atom stereocenters. The average molecular weight is 402 g/mol. The van der Waals surface area contributed by atoms with Gasteiger partial charge < -0.3 is 15.8 Å². The van der Waals surface area contributed by atoms with Gasteiger partial charge in [-0.3, -0.25) is 4.79 Å². The van der Waals surface area contributed by atoms with Crippen LogP contribution in [0.3, 0.4) is 0 Å². The number of ether oxygens (including phenoxy) is 1. The first-order chi connectivity index (χ1) is 11.6. The molecule has 1 saturated carbocycles. The molecule has 2 aromatic rings. The predicted molar refractivity (Wildman–Crippen MR) is 104 cm³/mol. The zero-order valence-corrected chi connectivity index (χ0v) is 16.2. The summed E-state index contributed by atoms with van der Waals surface area (Å²) in [5.74, 6) is 0.217. The van der Waals surface area contributed by atoms with Crippen molar-refractivity contribution in [1.29, 1.82) is 0 Å². The lowest BCUT2D eigenvalue weighted by Crippen LogP contribution is -2.39. The number of carbonyl (C=O) groups is 1. The van der Waals surface area contributed by atoms with Crippen LogP contribution in [0.5, 0.6) is 0 Å². The summed E-state index contributed by atoms with van der Waals surface area (Å²) in [6.07, 6.45) is 3.02. The van der Waals surface area contributed by atoms with E-state index in [1.807, 2.05) is 24.3 Å². The molecule has 0 spiro atoms. The minimum atomic E-state index is -0.699. The van der Waals surface area contributed by atoms with Gasteiger partial charge in [0.25, 0.3) is 0 Å². The Kier molecular flexibility index (Phi) is 7.22. The third-order valence-electron chi connectivity index (χ3n) is 3.91. The van der Waals surface area contributed by atoms with Gasteiger partial charge in [0, 0.05) is 29.3 Å². The number of nitrogens with one attached hydrogen (secondary N) is 1. The van der Waals surface area contributed by atoms with Crippen LogP contribution >= 0.6 is 35.3 Å². The van der Waals surface area contributed by atoms with Gasteiger partial charge in [-0.05, 0) is 24.5 Å². The van der Waals surface area contributed by atoms with Gasteiger partial charge in [-0.15, -0.1) is 23.7 Å². The van der Waals surface area contributed by atoms with E-state index in [1.165, 1.54) is 18.4 Å². The van der Waals surface area contributed by atoms with Crippen LogP contribution in [-0.2, 0) is 16.0 Å². The molecular formula is C17H21Cl2N3O2S. The van der Waals surface area contributed by atoms with Gasteiger partial charge in [-0.25, -0.2) is 4.98 Å². The van der Waals surface area contributed by atoms with Crippen molar-refractivity contribution < 1.29 is 9.53 Å². The Morgan fingerprint density at radius 3 is 2.84 bits per heavy atom. The molecule has 8 heteroatoms. The summed E-state index contributed by atoms with van der Waals surface area (Å²) in [6.45, 7) is 0.180. The summed E-state index contributed by atoms with van der Waals surface area (Å²) >= 11 is 7.77. The Labute approximate surface area is 162 Å². The third kappa shape index (κ3) is 5.15. The number of hydrogen-bond acceptors (Lipinski definition) is 5. The van der Waals surface area contributed by atoms with Crippen molar-refractivity contribution in [3.8, 4) is 0 Å².